The Balaban J connectivity index is 1.64. The van der Waals surface area contributed by atoms with Gasteiger partial charge in [-0.2, -0.15) is 0 Å². The van der Waals surface area contributed by atoms with Gasteiger partial charge in [-0.05, 0) is 30.3 Å². The summed E-state index contributed by atoms with van der Waals surface area (Å²) < 4.78 is 11.1. The van der Waals surface area contributed by atoms with Crippen molar-refractivity contribution in [1.82, 2.24) is 5.32 Å². The second-order valence-electron chi connectivity index (χ2n) is 5.47. The molecule has 1 aromatic heterocycles. The highest BCUT2D eigenvalue weighted by atomic mass is 16.5. The molecular formula is C20H15NO3. The van der Waals surface area contributed by atoms with Crippen LogP contribution >= 0.6 is 0 Å². The summed E-state index contributed by atoms with van der Waals surface area (Å²) in [5.41, 5.74) is 1.88. The highest BCUT2D eigenvalue weighted by Gasteiger charge is 2.27. The minimum absolute atomic E-state index is 0.192. The molecule has 1 amide bonds. The van der Waals surface area contributed by atoms with Crippen LogP contribution in [-0.2, 0) is 4.79 Å². The van der Waals surface area contributed by atoms with Crippen LogP contribution in [0.1, 0.15) is 22.9 Å². The zero-order chi connectivity index (χ0) is 16.4. The van der Waals surface area contributed by atoms with Crippen LogP contribution in [0.4, 0.5) is 0 Å². The van der Waals surface area contributed by atoms with E-state index >= 15 is 0 Å². The summed E-state index contributed by atoms with van der Waals surface area (Å²) in [6.07, 6.45) is 4.69. The van der Waals surface area contributed by atoms with Gasteiger partial charge in [-0.25, -0.2) is 0 Å². The second kappa shape index (κ2) is 6.08. The first kappa shape index (κ1) is 14.3. The van der Waals surface area contributed by atoms with Gasteiger partial charge < -0.3 is 14.5 Å². The molecule has 0 fully saturated rings. The van der Waals surface area contributed by atoms with E-state index < -0.39 is 0 Å². The van der Waals surface area contributed by atoms with Crippen LogP contribution in [0.25, 0.3) is 6.08 Å². The molecule has 118 valence electrons. The van der Waals surface area contributed by atoms with Crippen molar-refractivity contribution >= 4 is 12.0 Å². The SMILES string of the molecule is O=C(/C=C/c1ccco1)NC1c2ccccc2Oc2ccccc21. The van der Waals surface area contributed by atoms with Gasteiger partial charge in [-0.3, -0.25) is 4.79 Å². The van der Waals surface area contributed by atoms with E-state index in [-0.39, 0.29) is 11.9 Å². The number of para-hydroxylation sites is 2. The van der Waals surface area contributed by atoms with Gasteiger partial charge in [0.25, 0.3) is 0 Å². The number of rotatable bonds is 3. The molecule has 2 aromatic carbocycles. The molecule has 3 aromatic rings. The van der Waals surface area contributed by atoms with Gasteiger partial charge in [0.2, 0.25) is 5.91 Å². The maximum Gasteiger partial charge on any atom is 0.244 e. The third kappa shape index (κ3) is 2.70. The van der Waals surface area contributed by atoms with Crippen LogP contribution < -0.4 is 10.1 Å². The maximum atomic E-state index is 12.3. The summed E-state index contributed by atoms with van der Waals surface area (Å²) in [4.78, 5) is 12.3. The average molecular weight is 317 g/mol. The van der Waals surface area contributed by atoms with E-state index in [1.807, 2.05) is 48.5 Å². The second-order valence-corrected chi connectivity index (χ2v) is 5.47. The van der Waals surface area contributed by atoms with Crippen molar-refractivity contribution in [3.8, 4) is 11.5 Å². The maximum absolute atomic E-state index is 12.3. The van der Waals surface area contributed by atoms with Crippen LogP contribution in [0.3, 0.4) is 0 Å². The molecule has 2 heterocycles. The Hall–Kier alpha value is -3.27. The molecule has 1 aliphatic rings. The minimum atomic E-state index is -0.250. The topological polar surface area (TPSA) is 51.5 Å². The van der Waals surface area contributed by atoms with Crippen molar-refractivity contribution in [1.29, 1.82) is 0 Å². The quantitative estimate of drug-likeness (QED) is 0.733. The lowest BCUT2D eigenvalue weighted by molar-refractivity contribution is -0.116. The van der Waals surface area contributed by atoms with E-state index in [1.54, 1.807) is 24.5 Å². The van der Waals surface area contributed by atoms with Gasteiger partial charge >= 0.3 is 0 Å². The molecule has 24 heavy (non-hydrogen) atoms. The third-order valence-corrected chi connectivity index (χ3v) is 3.91. The Bertz CT molecular complexity index is 851. The van der Waals surface area contributed by atoms with Crippen molar-refractivity contribution in [3.63, 3.8) is 0 Å². The minimum Gasteiger partial charge on any atom is -0.465 e. The number of hydrogen-bond acceptors (Lipinski definition) is 3. The van der Waals surface area contributed by atoms with Crippen molar-refractivity contribution in [2.75, 3.05) is 0 Å². The van der Waals surface area contributed by atoms with Crippen molar-refractivity contribution in [2.45, 2.75) is 6.04 Å². The van der Waals surface area contributed by atoms with Gasteiger partial charge in [0, 0.05) is 17.2 Å². The third-order valence-electron chi connectivity index (χ3n) is 3.91. The fraction of sp³-hybridized carbons (Fsp3) is 0.0500. The summed E-state index contributed by atoms with van der Waals surface area (Å²) in [6, 6.07) is 18.8. The smallest absolute Gasteiger partial charge is 0.244 e. The fourth-order valence-corrected chi connectivity index (χ4v) is 2.80. The number of carbonyl (C=O) groups is 1. The monoisotopic (exact) mass is 317 g/mol. The molecule has 0 saturated carbocycles. The van der Waals surface area contributed by atoms with Crippen LogP contribution in [0.15, 0.2) is 77.4 Å². The zero-order valence-electron chi connectivity index (χ0n) is 12.8. The van der Waals surface area contributed by atoms with E-state index in [9.17, 15) is 4.79 Å². The number of hydrogen-bond donors (Lipinski definition) is 1. The van der Waals surface area contributed by atoms with Crippen LogP contribution in [0.2, 0.25) is 0 Å². The molecule has 4 rings (SSSR count). The first-order valence-corrected chi connectivity index (χ1v) is 7.69. The predicted octanol–water partition coefficient (Wildman–Crippen LogP) is 4.30. The Morgan fingerprint density at radius 3 is 2.21 bits per heavy atom. The number of nitrogens with one attached hydrogen (secondary N) is 1. The molecule has 4 nitrogen and oxygen atoms in total. The van der Waals surface area contributed by atoms with Crippen molar-refractivity contribution in [2.24, 2.45) is 0 Å². The normalized spacial score (nSPS) is 13.2. The summed E-state index contributed by atoms with van der Waals surface area (Å²) in [6.45, 7) is 0. The van der Waals surface area contributed by atoms with Crippen LogP contribution in [-0.4, -0.2) is 5.91 Å². The standard InChI is InChI=1S/C20H15NO3/c22-19(12-11-14-6-5-13-23-14)21-20-15-7-1-3-9-17(15)24-18-10-4-2-8-16(18)20/h1-13,20H,(H,21,22)/b12-11+. The predicted molar refractivity (Wildman–Crippen MR) is 90.7 cm³/mol. The van der Waals surface area contributed by atoms with E-state index in [0.29, 0.717) is 5.76 Å². The molecule has 0 atom stereocenters. The van der Waals surface area contributed by atoms with Crippen LogP contribution in [0.5, 0.6) is 11.5 Å². The van der Waals surface area contributed by atoms with Gasteiger partial charge in [0.15, 0.2) is 0 Å². The summed E-state index contributed by atoms with van der Waals surface area (Å²) in [5, 5.41) is 3.05. The lowest BCUT2D eigenvalue weighted by atomic mass is 9.94. The fourth-order valence-electron chi connectivity index (χ4n) is 2.80. The van der Waals surface area contributed by atoms with Gasteiger partial charge in [-0.1, -0.05) is 36.4 Å². The molecule has 1 aliphatic heterocycles. The van der Waals surface area contributed by atoms with E-state index in [2.05, 4.69) is 5.32 Å². The van der Waals surface area contributed by atoms with E-state index in [0.717, 1.165) is 22.6 Å². The molecule has 4 heteroatoms. The first-order valence-electron chi connectivity index (χ1n) is 7.69. The number of benzene rings is 2. The molecule has 0 saturated heterocycles. The van der Waals surface area contributed by atoms with E-state index in [4.69, 9.17) is 9.15 Å². The Morgan fingerprint density at radius 2 is 1.58 bits per heavy atom. The Morgan fingerprint density at radius 1 is 0.917 bits per heavy atom. The number of ether oxygens (including phenoxy) is 1. The molecular weight excluding hydrogens is 302 g/mol. The van der Waals surface area contributed by atoms with Crippen molar-refractivity contribution < 1.29 is 13.9 Å². The summed E-state index contributed by atoms with van der Waals surface area (Å²) in [5.74, 6) is 1.97. The van der Waals surface area contributed by atoms with E-state index in [1.165, 1.54) is 6.08 Å². The molecule has 1 N–H and O–H groups in total. The molecule has 0 unspecified atom stereocenters. The van der Waals surface area contributed by atoms with Gasteiger partial charge in [0.1, 0.15) is 17.3 Å². The Kier molecular flexibility index (Phi) is 3.63. The number of amides is 1. The zero-order valence-corrected chi connectivity index (χ0v) is 12.8. The molecule has 0 bridgehead atoms. The number of furan rings is 1. The lowest BCUT2D eigenvalue weighted by Gasteiger charge is -2.28. The summed E-state index contributed by atoms with van der Waals surface area (Å²) >= 11 is 0. The molecule has 0 radical (unpaired) electrons. The molecule has 0 spiro atoms. The lowest BCUT2D eigenvalue weighted by Crippen LogP contribution is -2.29. The highest BCUT2D eigenvalue weighted by Crippen LogP contribution is 2.42. The Labute approximate surface area is 139 Å². The van der Waals surface area contributed by atoms with Gasteiger partial charge in [0.05, 0.1) is 12.3 Å². The van der Waals surface area contributed by atoms with Crippen LogP contribution in [0, 0.1) is 0 Å². The average Bonchev–Trinajstić information content (AvgIpc) is 3.13. The summed E-state index contributed by atoms with van der Waals surface area (Å²) in [7, 11) is 0. The van der Waals surface area contributed by atoms with Crippen molar-refractivity contribution in [3.05, 3.63) is 89.9 Å². The molecule has 0 aliphatic carbocycles. The van der Waals surface area contributed by atoms with Gasteiger partial charge in [-0.15, -0.1) is 0 Å². The number of carbonyl (C=O) groups excluding carboxylic acids is 1. The number of fused-ring (bicyclic) bond motifs is 2. The largest absolute Gasteiger partial charge is 0.465 e. The first-order chi connectivity index (χ1) is 11.8. The highest BCUT2D eigenvalue weighted by molar-refractivity contribution is 5.92.